The molecule has 0 atom stereocenters. The second-order valence-corrected chi connectivity index (χ2v) is 8.52. The first-order chi connectivity index (χ1) is 14.5. The maximum absolute atomic E-state index is 12.3. The van der Waals surface area contributed by atoms with Gasteiger partial charge >= 0.3 is 6.03 Å². The van der Waals surface area contributed by atoms with Gasteiger partial charge in [0, 0.05) is 43.4 Å². The number of carbonyl (C=O) groups excluding carboxylic acids is 3. The van der Waals surface area contributed by atoms with Gasteiger partial charge in [0.1, 0.15) is 6.33 Å². The Labute approximate surface area is 175 Å². The van der Waals surface area contributed by atoms with E-state index in [4.69, 9.17) is 0 Å². The molecular formula is C19H17N7O3S. The van der Waals surface area contributed by atoms with E-state index in [1.54, 1.807) is 4.90 Å². The van der Waals surface area contributed by atoms with Gasteiger partial charge in [-0.3, -0.25) is 14.9 Å². The van der Waals surface area contributed by atoms with Crippen LogP contribution in [0.2, 0.25) is 0 Å². The number of carbonyl (C=O) groups is 3. The molecule has 152 valence electrons. The third kappa shape index (κ3) is 3.47. The van der Waals surface area contributed by atoms with Crippen molar-refractivity contribution in [2.24, 2.45) is 5.41 Å². The number of nitrogens with zero attached hydrogens (tertiary/aromatic N) is 5. The van der Waals surface area contributed by atoms with Crippen molar-refractivity contribution in [3.63, 3.8) is 0 Å². The molecule has 10 nitrogen and oxygen atoms in total. The summed E-state index contributed by atoms with van der Waals surface area (Å²) in [5.41, 5.74) is 0.841. The van der Waals surface area contributed by atoms with E-state index < -0.39 is 11.1 Å². The normalized spacial score (nSPS) is 20.7. The largest absolute Gasteiger partial charge is 0.339 e. The molecule has 3 saturated heterocycles. The molecule has 5 rings (SSSR count). The molecule has 1 spiro atoms. The minimum atomic E-state index is -0.446. The fourth-order valence-corrected chi connectivity index (χ4v) is 4.45. The van der Waals surface area contributed by atoms with Crippen molar-refractivity contribution in [2.75, 3.05) is 36.4 Å². The predicted octanol–water partition coefficient (Wildman–Crippen LogP) is 1.55. The molecule has 0 aliphatic carbocycles. The number of benzene rings is 1. The first kappa shape index (κ1) is 18.6. The molecule has 2 aromatic rings. The predicted molar refractivity (Wildman–Crippen MR) is 111 cm³/mol. The van der Waals surface area contributed by atoms with Crippen molar-refractivity contribution in [3.05, 3.63) is 47.4 Å². The van der Waals surface area contributed by atoms with Crippen molar-refractivity contribution in [2.45, 2.75) is 0 Å². The fraction of sp³-hybridized carbons (Fsp3) is 0.263. The molecule has 0 bridgehead atoms. The number of thioether (sulfide) groups is 1. The van der Waals surface area contributed by atoms with Gasteiger partial charge in [-0.15, -0.1) is 0 Å². The molecule has 1 aromatic heterocycles. The maximum Gasteiger partial charge on any atom is 0.321 e. The van der Waals surface area contributed by atoms with Crippen LogP contribution in [0, 0.1) is 5.41 Å². The molecule has 11 heteroatoms. The third-order valence-electron chi connectivity index (χ3n) is 5.18. The Kier molecular flexibility index (Phi) is 4.39. The number of hydrogen-bond acceptors (Lipinski definition) is 8. The van der Waals surface area contributed by atoms with Gasteiger partial charge in [-0.05, 0) is 23.9 Å². The molecule has 4 amide bonds. The van der Waals surface area contributed by atoms with Gasteiger partial charge in [0.2, 0.25) is 5.95 Å². The zero-order chi connectivity index (χ0) is 20.7. The third-order valence-corrected chi connectivity index (χ3v) is 5.99. The molecule has 2 N–H and O–H groups in total. The number of anilines is 2. The number of aromatic nitrogens is 3. The zero-order valence-corrected chi connectivity index (χ0v) is 16.6. The number of nitrogens with one attached hydrogen (secondary N) is 2. The fourth-order valence-electron chi connectivity index (χ4n) is 3.80. The second-order valence-electron chi connectivity index (χ2n) is 7.50. The smallest absolute Gasteiger partial charge is 0.321 e. The van der Waals surface area contributed by atoms with E-state index in [1.165, 1.54) is 12.4 Å². The molecule has 30 heavy (non-hydrogen) atoms. The van der Waals surface area contributed by atoms with Crippen LogP contribution in [0.1, 0.15) is 5.82 Å². The molecule has 1 aromatic carbocycles. The lowest BCUT2D eigenvalue weighted by molar-refractivity contribution is -0.115. The molecule has 3 aliphatic heterocycles. The Hall–Kier alpha value is -3.47. The van der Waals surface area contributed by atoms with Crippen molar-refractivity contribution in [1.29, 1.82) is 0 Å². The summed E-state index contributed by atoms with van der Waals surface area (Å²) >= 11 is 0.823. The van der Waals surface area contributed by atoms with Crippen LogP contribution >= 0.6 is 11.8 Å². The van der Waals surface area contributed by atoms with Crippen LogP contribution in [0.4, 0.5) is 21.2 Å². The van der Waals surface area contributed by atoms with Crippen LogP contribution in [0.3, 0.4) is 0 Å². The molecule has 3 aliphatic rings. The number of imide groups is 1. The minimum Gasteiger partial charge on any atom is -0.339 e. The van der Waals surface area contributed by atoms with Crippen LogP contribution in [-0.4, -0.2) is 63.2 Å². The summed E-state index contributed by atoms with van der Waals surface area (Å²) in [4.78, 5) is 52.0. The standard InChI is InChI=1S/C19H17N7O3S/c27-15-13(30-18(29)24-15)6-14-20-11-21-16(23-14)25-7-19(8-25)9-26(10-19)17(28)22-12-4-2-1-3-5-12/h1-6,11H,7-10H2,(H,22,28)(H,24,27,29). The Bertz CT molecular complexity index is 1060. The highest BCUT2D eigenvalue weighted by atomic mass is 32.2. The summed E-state index contributed by atoms with van der Waals surface area (Å²) in [6, 6.07) is 9.28. The highest BCUT2D eigenvalue weighted by molar-refractivity contribution is 8.18. The number of amides is 4. The van der Waals surface area contributed by atoms with Gasteiger partial charge in [0.25, 0.3) is 11.1 Å². The summed E-state index contributed by atoms with van der Waals surface area (Å²) in [6.07, 6.45) is 2.87. The quantitative estimate of drug-likeness (QED) is 0.714. The first-order valence-electron chi connectivity index (χ1n) is 9.30. The summed E-state index contributed by atoms with van der Waals surface area (Å²) < 4.78 is 0. The van der Waals surface area contributed by atoms with Crippen molar-refractivity contribution >= 4 is 46.7 Å². The van der Waals surface area contributed by atoms with Crippen LogP contribution in [-0.2, 0) is 4.79 Å². The van der Waals surface area contributed by atoms with Crippen LogP contribution in [0.15, 0.2) is 41.6 Å². The van der Waals surface area contributed by atoms with E-state index in [0.29, 0.717) is 24.9 Å². The molecule has 0 unspecified atom stereocenters. The number of hydrogen-bond donors (Lipinski definition) is 2. The average Bonchev–Trinajstić information content (AvgIpc) is 2.97. The number of urea groups is 1. The summed E-state index contributed by atoms with van der Waals surface area (Å²) in [5, 5.41) is 4.69. The Morgan fingerprint density at radius 3 is 2.60 bits per heavy atom. The van der Waals surface area contributed by atoms with E-state index in [0.717, 1.165) is 30.5 Å². The van der Waals surface area contributed by atoms with Gasteiger partial charge in [-0.1, -0.05) is 18.2 Å². The van der Waals surface area contributed by atoms with Crippen molar-refractivity contribution in [1.82, 2.24) is 25.2 Å². The van der Waals surface area contributed by atoms with Gasteiger partial charge in [0.05, 0.1) is 4.91 Å². The lowest BCUT2D eigenvalue weighted by Crippen LogP contribution is -2.73. The summed E-state index contributed by atoms with van der Waals surface area (Å²) in [6.45, 7) is 2.86. The molecule has 0 radical (unpaired) electrons. The Morgan fingerprint density at radius 1 is 1.13 bits per heavy atom. The van der Waals surface area contributed by atoms with E-state index >= 15 is 0 Å². The molecule has 4 heterocycles. The molecule has 0 saturated carbocycles. The number of para-hydroxylation sites is 1. The van der Waals surface area contributed by atoms with Crippen molar-refractivity contribution < 1.29 is 14.4 Å². The summed E-state index contributed by atoms with van der Waals surface area (Å²) in [5.74, 6) is 0.397. The lowest BCUT2D eigenvalue weighted by Gasteiger charge is -2.59. The zero-order valence-electron chi connectivity index (χ0n) is 15.7. The van der Waals surface area contributed by atoms with Gasteiger partial charge < -0.3 is 15.1 Å². The monoisotopic (exact) mass is 423 g/mol. The summed E-state index contributed by atoms with van der Waals surface area (Å²) in [7, 11) is 0. The molecular weight excluding hydrogens is 406 g/mol. The minimum absolute atomic E-state index is 0.0624. The van der Waals surface area contributed by atoms with Gasteiger partial charge in [-0.2, -0.15) is 4.98 Å². The highest BCUT2D eigenvalue weighted by Gasteiger charge is 2.54. The lowest BCUT2D eigenvalue weighted by atomic mass is 9.73. The van der Waals surface area contributed by atoms with Crippen LogP contribution in [0.5, 0.6) is 0 Å². The SMILES string of the molecule is O=C1NC(=O)C(=Cc2ncnc(N3CC4(CN(C(=O)Nc5ccccc5)C4)C3)n2)S1. The average molecular weight is 423 g/mol. The first-order valence-corrected chi connectivity index (χ1v) is 10.1. The van der Waals surface area contributed by atoms with E-state index in [2.05, 4.69) is 25.6 Å². The van der Waals surface area contributed by atoms with E-state index in [-0.39, 0.29) is 16.4 Å². The topological polar surface area (TPSA) is 120 Å². The Balaban J connectivity index is 1.17. The van der Waals surface area contributed by atoms with Crippen LogP contribution in [0.25, 0.3) is 6.08 Å². The maximum atomic E-state index is 12.3. The molecule has 3 fully saturated rings. The van der Waals surface area contributed by atoms with E-state index in [9.17, 15) is 14.4 Å². The number of likely N-dealkylation sites (tertiary alicyclic amines) is 1. The van der Waals surface area contributed by atoms with Gasteiger partial charge in [-0.25, -0.2) is 14.8 Å². The Morgan fingerprint density at radius 2 is 1.90 bits per heavy atom. The van der Waals surface area contributed by atoms with E-state index in [1.807, 2.05) is 35.2 Å². The highest BCUT2D eigenvalue weighted by Crippen LogP contribution is 2.41. The van der Waals surface area contributed by atoms with Gasteiger partial charge in [0.15, 0.2) is 5.82 Å². The second kappa shape index (κ2) is 7.10. The number of rotatable bonds is 3. The van der Waals surface area contributed by atoms with Crippen LogP contribution < -0.4 is 15.5 Å². The van der Waals surface area contributed by atoms with Crippen molar-refractivity contribution in [3.8, 4) is 0 Å².